The number of aromatic nitrogens is 1. The minimum atomic E-state index is -0.356. The van der Waals surface area contributed by atoms with E-state index in [2.05, 4.69) is 35.1 Å². The van der Waals surface area contributed by atoms with E-state index < -0.39 is 0 Å². The highest BCUT2D eigenvalue weighted by Gasteiger charge is 2.17. The van der Waals surface area contributed by atoms with E-state index in [0.717, 1.165) is 35.0 Å². The fourth-order valence-electron chi connectivity index (χ4n) is 3.85. The zero-order valence-corrected chi connectivity index (χ0v) is 17.4. The molecule has 2 aromatic carbocycles. The monoisotopic (exact) mass is 393 g/mol. The lowest BCUT2D eigenvalue weighted by Crippen LogP contribution is -2.20. The van der Waals surface area contributed by atoms with Gasteiger partial charge in [0, 0.05) is 54.0 Å². The van der Waals surface area contributed by atoms with Crippen molar-refractivity contribution < 1.29 is 9.13 Å². The molecule has 29 heavy (non-hydrogen) atoms. The molecule has 4 nitrogen and oxygen atoms in total. The van der Waals surface area contributed by atoms with Crippen molar-refractivity contribution in [2.75, 3.05) is 0 Å². The van der Waals surface area contributed by atoms with Crippen LogP contribution in [-0.2, 0) is 7.05 Å². The molecule has 0 aliphatic carbocycles. The molecule has 2 unspecified atom stereocenters. The zero-order chi connectivity index (χ0) is 20.5. The van der Waals surface area contributed by atoms with Crippen molar-refractivity contribution in [3.63, 3.8) is 0 Å². The Kier molecular flexibility index (Phi) is 5.22. The van der Waals surface area contributed by atoms with Crippen molar-refractivity contribution in [1.82, 2.24) is 15.2 Å². The van der Waals surface area contributed by atoms with Crippen LogP contribution < -0.4 is 15.4 Å². The number of nitrogens with zero attached hydrogens (tertiary/aromatic N) is 1. The molecule has 0 saturated carbocycles. The average Bonchev–Trinajstić information content (AvgIpc) is 3.27. The lowest BCUT2D eigenvalue weighted by molar-refractivity contribution is 0.441. The molecule has 0 saturated heterocycles. The molecule has 2 heterocycles. The lowest BCUT2D eigenvalue weighted by atomic mass is 10.1. The third-order valence-electron chi connectivity index (χ3n) is 5.79. The Morgan fingerprint density at radius 1 is 1.24 bits per heavy atom. The predicted molar refractivity (Wildman–Crippen MR) is 116 cm³/mol. The number of aryl methyl sites for hydroxylation is 2. The summed E-state index contributed by atoms with van der Waals surface area (Å²) in [6.45, 7) is 6.28. The summed E-state index contributed by atoms with van der Waals surface area (Å²) in [7, 11) is 2.03. The van der Waals surface area contributed by atoms with Gasteiger partial charge in [-0.25, -0.2) is 4.39 Å². The van der Waals surface area contributed by atoms with Crippen LogP contribution in [0.5, 0.6) is 11.5 Å². The van der Waals surface area contributed by atoms with E-state index in [1.54, 1.807) is 12.1 Å². The highest BCUT2D eigenvalue weighted by atomic mass is 19.1. The van der Waals surface area contributed by atoms with Gasteiger partial charge < -0.3 is 19.9 Å². The van der Waals surface area contributed by atoms with Gasteiger partial charge in [-0.3, -0.25) is 0 Å². The molecule has 4 rings (SSSR count). The molecule has 2 atom stereocenters. The molecule has 1 aliphatic heterocycles. The number of halogens is 1. The van der Waals surface area contributed by atoms with E-state index in [4.69, 9.17) is 4.74 Å². The summed E-state index contributed by atoms with van der Waals surface area (Å²) in [6, 6.07) is 13.6. The number of fused-ring (bicyclic) bond motifs is 1. The molecular formula is C24H28FN3O. The Balaban J connectivity index is 1.47. The maximum Gasteiger partial charge on any atom is 0.166 e. The van der Waals surface area contributed by atoms with Gasteiger partial charge in [0.25, 0.3) is 0 Å². The van der Waals surface area contributed by atoms with Gasteiger partial charge in [-0.2, -0.15) is 0 Å². The number of rotatable bonds is 6. The summed E-state index contributed by atoms with van der Waals surface area (Å²) in [5.74, 6) is 0.514. The van der Waals surface area contributed by atoms with Crippen LogP contribution in [0, 0.1) is 12.7 Å². The molecule has 5 heteroatoms. The smallest absolute Gasteiger partial charge is 0.166 e. The largest absolute Gasteiger partial charge is 0.454 e. The fraction of sp³-hybridized carbons (Fsp3) is 0.333. The van der Waals surface area contributed by atoms with Crippen molar-refractivity contribution in [3.8, 4) is 11.5 Å². The zero-order valence-electron chi connectivity index (χ0n) is 17.4. The number of hydrogen-bond acceptors (Lipinski definition) is 3. The lowest BCUT2D eigenvalue weighted by Gasteiger charge is -2.17. The number of ether oxygens (including phenoxy) is 1. The van der Waals surface area contributed by atoms with Crippen molar-refractivity contribution in [2.45, 2.75) is 45.7 Å². The van der Waals surface area contributed by atoms with Crippen LogP contribution in [-0.4, -0.2) is 10.6 Å². The Labute approximate surface area is 171 Å². The molecular weight excluding hydrogens is 365 g/mol. The second kappa shape index (κ2) is 7.82. The van der Waals surface area contributed by atoms with E-state index in [1.165, 1.54) is 5.69 Å². The maximum atomic E-state index is 14.7. The van der Waals surface area contributed by atoms with Gasteiger partial charge in [0.05, 0.1) is 0 Å². The summed E-state index contributed by atoms with van der Waals surface area (Å²) in [5.41, 5.74) is 4.36. The van der Waals surface area contributed by atoms with E-state index >= 15 is 0 Å². The molecule has 0 amide bonds. The van der Waals surface area contributed by atoms with Crippen molar-refractivity contribution in [2.24, 2.45) is 7.05 Å². The summed E-state index contributed by atoms with van der Waals surface area (Å²) >= 11 is 0. The molecule has 0 radical (unpaired) electrons. The minimum absolute atomic E-state index is 0.0193. The topological polar surface area (TPSA) is 38.2 Å². The van der Waals surface area contributed by atoms with E-state index in [1.807, 2.05) is 44.4 Å². The third kappa shape index (κ3) is 3.95. The summed E-state index contributed by atoms with van der Waals surface area (Å²) < 4.78 is 22.7. The maximum absolute atomic E-state index is 14.7. The minimum Gasteiger partial charge on any atom is -0.454 e. The van der Waals surface area contributed by atoms with E-state index in [9.17, 15) is 4.39 Å². The van der Waals surface area contributed by atoms with Crippen molar-refractivity contribution in [3.05, 3.63) is 71.4 Å². The number of nitrogens with one attached hydrogen (secondary N) is 2. The van der Waals surface area contributed by atoms with Crippen LogP contribution in [0.1, 0.15) is 44.0 Å². The highest BCUT2D eigenvalue weighted by Crippen LogP contribution is 2.30. The van der Waals surface area contributed by atoms with Crippen LogP contribution in [0.15, 0.2) is 54.4 Å². The molecule has 0 bridgehead atoms. The van der Waals surface area contributed by atoms with Gasteiger partial charge in [-0.1, -0.05) is 13.0 Å². The normalized spacial score (nSPS) is 17.1. The Morgan fingerprint density at radius 2 is 2.07 bits per heavy atom. The van der Waals surface area contributed by atoms with Crippen LogP contribution >= 0.6 is 0 Å². The Bertz CT molecular complexity index is 1070. The first-order valence-corrected chi connectivity index (χ1v) is 10.2. The quantitative estimate of drug-likeness (QED) is 0.566. The molecule has 0 fully saturated rings. The standard InChI is InChI=1S/C24H28FN3O/c1-5-19-13-20(14-26-19)27-16(3)17-6-9-24(22(25)12-17)29-21-7-8-23-18(11-21)10-15(2)28(23)4/h6-12,14,16,19,26-27H,5,13H2,1-4H3. The summed E-state index contributed by atoms with van der Waals surface area (Å²) in [4.78, 5) is 0. The van der Waals surface area contributed by atoms with Gasteiger partial charge in [0.1, 0.15) is 5.75 Å². The molecule has 1 aromatic heterocycles. The molecule has 152 valence electrons. The van der Waals surface area contributed by atoms with Crippen LogP contribution in [0.2, 0.25) is 0 Å². The SMILES string of the molecule is CCC1CC(NC(C)c2ccc(Oc3ccc4c(c3)cc(C)n4C)c(F)c2)=CN1. The number of benzene rings is 2. The third-order valence-corrected chi connectivity index (χ3v) is 5.79. The predicted octanol–water partition coefficient (Wildman–Crippen LogP) is 5.68. The second-order valence-electron chi connectivity index (χ2n) is 7.87. The first kappa shape index (κ1) is 19.4. The van der Waals surface area contributed by atoms with Crippen LogP contribution in [0.4, 0.5) is 4.39 Å². The molecule has 3 aromatic rings. The summed E-state index contributed by atoms with van der Waals surface area (Å²) in [5, 5.41) is 7.92. The molecule has 0 spiro atoms. The van der Waals surface area contributed by atoms with Crippen LogP contribution in [0.25, 0.3) is 10.9 Å². The van der Waals surface area contributed by atoms with Gasteiger partial charge in [0.2, 0.25) is 0 Å². The first-order valence-electron chi connectivity index (χ1n) is 10.2. The highest BCUT2D eigenvalue weighted by molar-refractivity contribution is 5.82. The van der Waals surface area contributed by atoms with Crippen molar-refractivity contribution >= 4 is 10.9 Å². The van der Waals surface area contributed by atoms with Crippen molar-refractivity contribution in [1.29, 1.82) is 0 Å². The molecule has 1 aliphatic rings. The van der Waals surface area contributed by atoms with Gasteiger partial charge in [0.15, 0.2) is 11.6 Å². The number of hydrogen-bond donors (Lipinski definition) is 2. The van der Waals surface area contributed by atoms with Crippen LogP contribution in [0.3, 0.4) is 0 Å². The Morgan fingerprint density at radius 3 is 2.79 bits per heavy atom. The van der Waals surface area contributed by atoms with E-state index in [-0.39, 0.29) is 17.6 Å². The summed E-state index contributed by atoms with van der Waals surface area (Å²) in [6.07, 6.45) is 4.09. The average molecular weight is 394 g/mol. The van der Waals surface area contributed by atoms with Gasteiger partial charge in [-0.15, -0.1) is 0 Å². The fourth-order valence-corrected chi connectivity index (χ4v) is 3.85. The Hall–Kier alpha value is -2.95. The van der Waals surface area contributed by atoms with Gasteiger partial charge in [-0.05, 0) is 62.2 Å². The second-order valence-corrected chi connectivity index (χ2v) is 7.87. The first-order chi connectivity index (χ1) is 13.9. The molecule has 2 N–H and O–H groups in total. The van der Waals surface area contributed by atoms with E-state index in [0.29, 0.717) is 11.8 Å². The van der Waals surface area contributed by atoms with Gasteiger partial charge >= 0.3 is 0 Å².